The summed E-state index contributed by atoms with van der Waals surface area (Å²) in [6.07, 6.45) is 5.66. The number of halogens is 2. The van der Waals surface area contributed by atoms with E-state index < -0.39 is 11.6 Å². The van der Waals surface area contributed by atoms with Crippen LogP contribution in [0, 0.1) is 23.5 Å². The first-order chi connectivity index (χ1) is 12.1. The van der Waals surface area contributed by atoms with Crippen LogP contribution in [0.4, 0.5) is 14.5 Å². The Labute approximate surface area is 148 Å². The highest BCUT2D eigenvalue weighted by Crippen LogP contribution is 2.45. The maximum Gasteiger partial charge on any atom is 0.149 e. The molecule has 0 radical (unpaired) electrons. The van der Waals surface area contributed by atoms with Crippen molar-refractivity contribution in [2.45, 2.75) is 25.8 Å². The van der Waals surface area contributed by atoms with E-state index in [1.54, 1.807) is 6.20 Å². The number of piperazine rings is 1. The van der Waals surface area contributed by atoms with Crippen molar-refractivity contribution in [2.75, 3.05) is 44.2 Å². The zero-order chi connectivity index (χ0) is 17.4. The Hall–Kier alpha value is -1.62. The molecule has 3 fully saturated rings. The standard InChI is InChI=1S/C20H27F2N3/c1-2-23-7-9-25(10-8-23)20-18(21)11-15(12-19(20)22)14-24-5-3-16-13-17(16)4-6-24/h2,11-12,16-17H,1,3-10,13-14H2. The average molecular weight is 347 g/mol. The Kier molecular flexibility index (Phi) is 4.67. The molecule has 3 nitrogen and oxygen atoms in total. The first-order valence-electron chi connectivity index (χ1n) is 9.46. The molecule has 1 aliphatic carbocycles. The zero-order valence-electron chi connectivity index (χ0n) is 14.8. The molecule has 1 aromatic carbocycles. The largest absolute Gasteiger partial charge is 0.374 e. The van der Waals surface area contributed by atoms with E-state index in [1.807, 2.05) is 4.90 Å². The van der Waals surface area contributed by atoms with E-state index in [-0.39, 0.29) is 5.69 Å². The van der Waals surface area contributed by atoms with Crippen LogP contribution in [0.1, 0.15) is 24.8 Å². The van der Waals surface area contributed by atoms with E-state index in [9.17, 15) is 8.78 Å². The normalized spacial score (nSPS) is 27.0. The van der Waals surface area contributed by atoms with Crippen LogP contribution >= 0.6 is 0 Å². The maximum atomic E-state index is 14.6. The fourth-order valence-corrected chi connectivity index (χ4v) is 4.38. The molecule has 0 amide bonds. The second kappa shape index (κ2) is 6.94. The SMILES string of the molecule is C=CN1CCN(c2c(F)cc(CN3CCC4CC4CC3)cc2F)CC1. The maximum absolute atomic E-state index is 14.6. The number of hydrogen-bond donors (Lipinski definition) is 0. The number of likely N-dealkylation sites (tertiary alicyclic amines) is 1. The van der Waals surface area contributed by atoms with Crippen molar-refractivity contribution >= 4 is 5.69 Å². The third-order valence-corrected chi connectivity index (χ3v) is 6.07. The van der Waals surface area contributed by atoms with Gasteiger partial charge in [0.1, 0.15) is 17.3 Å². The lowest BCUT2D eigenvalue weighted by Gasteiger charge is -2.35. The molecule has 3 aliphatic rings. The number of nitrogens with zero attached hydrogens (tertiary/aromatic N) is 3. The van der Waals surface area contributed by atoms with Crippen LogP contribution < -0.4 is 4.90 Å². The molecular formula is C20H27F2N3. The van der Waals surface area contributed by atoms with Crippen LogP contribution in [0.25, 0.3) is 0 Å². The first kappa shape index (κ1) is 16.8. The van der Waals surface area contributed by atoms with Gasteiger partial charge < -0.3 is 9.80 Å². The fraction of sp³-hybridized carbons (Fsp3) is 0.600. The summed E-state index contributed by atoms with van der Waals surface area (Å²) in [5.41, 5.74) is 0.878. The van der Waals surface area contributed by atoms with Crippen molar-refractivity contribution < 1.29 is 8.78 Å². The summed E-state index contributed by atoms with van der Waals surface area (Å²) in [4.78, 5) is 6.24. The smallest absolute Gasteiger partial charge is 0.149 e. The van der Waals surface area contributed by atoms with Gasteiger partial charge >= 0.3 is 0 Å². The zero-order valence-corrected chi connectivity index (χ0v) is 14.8. The van der Waals surface area contributed by atoms with Crippen molar-refractivity contribution in [3.63, 3.8) is 0 Å². The number of rotatable bonds is 4. The number of fused-ring (bicyclic) bond motifs is 1. The van der Waals surface area contributed by atoms with Gasteiger partial charge in [0.2, 0.25) is 0 Å². The quantitative estimate of drug-likeness (QED) is 0.826. The lowest BCUT2D eigenvalue weighted by Crippen LogP contribution is -2.44. The molecule has 4 rings (SSSR count). The molecule has 2 unspecified atom stereocenters. The highest BCUT2D eigenvalue weighted by atomic mass is 19.1. The van der Waals surface area contributed by atoms with Crippen molar-refractivity contribution in [3.8, 4) is 0 Å². The molecule has 0 N–H and O–H groups in total. The van der Waals surface area contributed by atoms with Crippen molar-refractivity contribution in [3.05, 3.63) is 42.1 Å². The molecule has 5 heteroatoms. The Morgan fingerprint density at radius 2 is 1.56 bits per heavy atom. The second-order valence-electron chi connectivity index (χ2n) is 7.72. The molecule has 0 spiro atoms. The first-order valence-corrected chi connectivity index (χ1v) is 9.46. The van der Waals surface area contributed by atoms with Gasteiger partial charge in [0.25, 0.3) is 0 Å². The molecule has 2 heterocycles. The van der Waals surface area contributed by atoms with Gasteiger partial charge in [0.05, 0.1) is 0 Å². The summed E-state index contributed by atoms with van der Waals surface area (Å²) in [6, 6.07) is 3.06. The number of hydrogen-bond acceptors (Lipinski definition) is 3. The van der Waals surface area contributed by atoms with Crippen molar-refractivity contribution in [1.29, 1.82) is 0 Å². The van der Waals surface area contributed by atoms with Crippen LogP contribution in [0.2, 0.25) is 0 Å². The summed E-state index contributed by atoms with van der Waals surface area (Å²) in [7, 11) is 0. The Balaban J connectivity index is 1.43. The lowest BCUT2D eigenvalue weighted by atomic mass is 10.1. The van der Waals surface area contributed by atoms with Gasteiger partial charge in [-0.1, -0.05) is 6.58 Å². The summed E-state index contributed by atoms with van der Waals surface area (Å²) in [6.45, 7) is 9.24. The van der Waals surface area contributed by atoms with E-state index >= 15 is 0 Å². The molecule has 25 heavy (non-hydrogen) atoms. The lowest BCUT2D eigenvalue weighted by molar-refractivity contribution is 0.266. The van der Waals surface area contributed by atoms with Gasteiger partial charge in [-0.15, -0.1) is 0 Å². The predicted molar refractivity (Wildman–Crippen MR) is 96.4 cm³/mol. The van der Waals surface area contributed by atoms with Crippen LogP contribution in [0.3, 0.4) is 0 Å². The molecule has 0 aromatic heterocycles. The summed E-state index contributed by atoms with van der Waals surface area (Å²) in [5.74, 6) is 0.963. The topological polar surface area (TPSA) is 9.72 Å². The van der Waals surface area contributed by atoms with E-state index in [0.717, 1.165) is 43.6 Å². The minimum absolute atomic E-state index is 0.129. The fourth-order valence-electron chi connectivity index (χ4n) is 4.38. The molecule has 136 valence electrons. The van der Waals surface area contributed by atoms with E-state index in [2.05, 4.69) is 16.4 Å². The minimum atomic E-state index is -0.431. The van der Waals surface area contributed by atoms with E-state index in [0.29, 0.717) is 19.6 Å². The van der Waals surface area contributed by atoms with Gasteiger partial charge in [-0.3, -0.25) is 4.90 Å². The molecule has 1 aromatic rings. The van der Waals surface area contributed by atoms with Crippen LogP contribution in [-0.2, 0) is 6.54 Å². The van der Waals surface area contributed by atoms with Crippen molar-refractivity contribution in [2.24, 2.45) is 11.8 Å². The molecule has 2 aliphatic heterocycles. The molecule has 1 saturated carbocycles. The van der Waals surface area contributed by atoms with E-state index in [4.69, 9.17) is 0 Å². The van der Waals surface area contributed by atoms with Gasteiger partial charge in [0.15, 0.2) is 0 Å². The van der Waals surface area contributed by atoms with Crippen molar-refractivity contribution in [1.82, 2.24) is 9.80 Å². The minimum Gasteiger partial charge on any atom is -0.374 e. The van der Waals surface area contributed by atoms with Crippen LogP contribution in [0.15, 0.2) is 24.9 Å². The van der Waals surface area contributed by atoms with Gasteiger partial charge in [-0.25, -0.2) is 8.78 Å². The van der Waals surface area contributed by atoms with E-state index in [1.165, 1.54) is 31.4 Å². The molecule has 2 atom stereocenters. The Morgan fingerprint density at radius 3 is 2.12 bits per heavy atom. The third-order valence-electron chi connectivity index (χ3n) is 6.07. The molecule has 2 saturated heterocycles. The Bertz CT molecular complexity index is 605. The Morgan fingerprint density at radius 1 is 0.960 bits per heavy atom. The monoisotopic (exact) mass is 347 g/mol. The summed E-state index contributed by atoms with van der Waals surface area (Å²) < 4.78 is 29.3. The van der Waals surface area contributed by atoms with Crippen LogP contribution in [-0.4, -0.2) is 49.1 Å². The van der Waals surface area contributed by atoms with Crippen LogP contribution in [0.5, 0.6) is 0 Å². The van der Waals surface area contributed by atoms with Gasteiger partial charge in [-0.2, -0.15) is 0 Å². The summed E-state index contributed by atoms with van der Waals surface area (Å²) in [5, 5.41) is 0. The highest BCUT2D eigenvalue weighted by molar-refractivity contribution is 5.51. The number of anilines is 1. The van der Waals surface area contributed by atoms with Gasteiger partial charge in [-0.05, 0) is 68.1 Å². The average Bonchev–Trinajstić information content (AvgIpc) is 3.36. The summed E-state index contributed by atoms with van der Waals surface area (Å²) >= 11 is 0. The predicted octanol–water partition coefficient (Wildman–Crippen LogP) is 3.46. The molecular weight excluding hydrogens is 320 g/mol. The third kappa shape index (κ3) is 3.66. The highest BCUT2D eigenvalue weighted by Gasteiger charge is 2.38. The molecule has 0 bridgehead atoms. The van der Waals surface area contributed by atoms with Gasteiger partial charge in [0, 0.05) is 32.7 Å². The number of benzene rings is 1. The second-order valence-corrected chi connectivity index (χ2v) is 7.72.